The largest absolute Gasteiger partial charge is 0.493 e. The molecule has 3 aromatic rings. The molecular formula is C22H28N4O3. The highest BCUT2D eigenvalue weighted by Gasteiger charge is 2.14. The van der Waals surface area contributed by atoms with E-state index in [2.05, 4.69) is 10.3 Å². The maximum absolute atomic E-state index is 12.6. The first-order valence-corrected chi connectivity index (χ1v) is 9.58. The van der Waals surface area contributed by atoms with E-state index >= 15 is 0 Å². The minimum Gasteiger partial charge on any atom is -0.493 e. The van der Waals surface area contributed by atoms with E-state index in [0.717, 1.165) is 22.4 Å². The second-order valence-electron chi connectivity index (χ2n) is 7.13. The van der Waals surface area contributed by atoms with Crippen molar-refractivity contribution in [1.82, 2.24) is 19.8 Å². The average Bonchev–Trinajstić information content (AvgIpc) is 3.04. The fraction of sp³-hybridized carbons (Fsp3) is 0.364. The summed E-state index contributed by atoms with van der Waals surface area (Å²) in [5.41, 5.74) is 2.95. The number of carbonyl (C=O) groups excluding carboxylic acids is 1. The number of fused-ring (bicyclic) bond motifs is 1. The predicted molar refractivity (Wildman–Crippen MR) is 113 cm³/mol. The number of nitrogens with zero attached hydrogens (tertiary/aromatic N) is 3. The van der Waals surface area contributed by atoms with Gasteiger partial charge < -0.3 is 24.3 Å². The Bertz CT molecular complexity index is 981. The van der Waals surface area contributed by atoms with Crippen LogP contribution in [0.5, 0.6) is 11.5 Å². The van der Waals surface area contributed by atoms with Crippen LogP contribution in [-0.4, -0.2) is 55.2 Å². The molecule has 7 heteroatoms. The van der Waals surface area contributed by atoms with Gasteiger partial charge in [-0.05, 0) is 50.3 Å². The van der Waals surface area contributed by atoms with Crippen molar-refractivity contribution in [2.24, 2.45) is 0 Å². The zero-order chi connectivity index (χ0) is 20.8. The van der Waals surface area contributed by atoms with Crippen LogP contribution in [0.2, 0.25) is 0 Å². The number of carbonyl (C=O) groups is 1. The van der Waals surface area contributed by atoms with E-state index in [-0.39, 0.29) is 12.5 Å². The number of ether oxygens (including phenoxy) is 2. The lowest BCUT2D eigenvalue weighted by molar-refractivity contribution is -0.121. The number of benzene rings is 2. The zero-order valence-electron chi connectivity index (χ0n) is 17.4. The molecule has 1 amide bonds. The third-order valence-electron chi connectivity index (χ3n) is 4.68. The SMILES string of the molecule is COc1ccc(CCNC(=O)Cn2c(CN(C)C)nc3ccccc32)cc1OC. The fourth-order valence-electron chi connectivity index (χ4n) is 3.29. The Hall–Kier alpha value is -3.06. The molecule has 0 spiro atoms. The second kappa shape index (κ2) is 9.43. The molecule has 0 aliphatic rings. The van der Waals surface area contributed by atoms with Crippen molar-refractivity contribution >= 4 is 16.9 Å². The van der Waals surface area contributed by atoms with Crippen molar-refractivity contribution in [2.45, 2.75) is 19.5 Å². The molecule has 3 rings (SSSR count). The smallest absolute Gasteiger partial charge is 0.240 e. The van der Waals surface area contributed by atoms with Crippen LogP contribution in [0, 0.1) is 0 Å². The third kappa shape index (κ3) is 5.06. The second-order valence-corrected chi connectivity index (χ2v) is 7.13. The summed E-state index contributed by atoms with van der Waals surface area (Å²) < 4.78 is 12.6. The molecule has 7 nitrogen and oxygen atoms in total. The van der Waals surface area contributed by atoms with Gasteiger partial charge in [-0.1, -0.05) is 18.2 Å². The normalized spacial score (nSPS) is 11.1. The van der Waals surface area contributed by atoms with Crippen LogP contribution in [-0.2, 0) is 24.3 Å². The number of para-hydroxylation sites is 2. The average molecular weight is 396 g/mol. The van der Waals surface area contributed by atoms with Crippen LogP contribution in [0.1, 0.15) is 11.4 Å². The Morgan fingerprint density at radius 1 is 1.10 bits per heavy atom. The van der Waals surface area contributed by atoms with Crippen molar-refractivity contribution in [1.29, 1.82) is 0 Å². The van der Waals surface area contributed by atoms with Crippen LogP contribution in [0.25, 0.3) is 11.0 Å². The molecule has 2 aromatic carbocycles. The quantitative estimate of drug-likeness (QED) is 0.602. The lowest BCUT2D eigenvalue weighted by Crippen LogP contribution is -2.30. The molecule has 0 saturated heterocycles. The predicted octanol–water partition coefficient (Wildman–Crippen LogP) is 2.47. The van der Waals surface area contributed by atoms with Gasteiger partial charge in [0.2, 0.25) is 5.91 Å². The van der Waals surface area contributed by atoms with E-state index in [1.807, 2.05) is 66.0 Å². The number of nitrogens with one attached hydrogen (secondary N) is 1. The molecule has 0 unspecified atom stereocenters. The molecule has 0 aliphatic heterocycles. The van der Waals surface area contributed by atoms with Crippen molar-refractivity contribution < 1.29 is 14.3 Å². The minimum atomic E-state index is -0.0337. The van der Waals surface area contributed by atoms with Crippen LogP contribution >= 0.6 is 0 Å². The highest BCUT2D eigenvalue weighted by Crippen LogP contribution is 2.27. The molecule has 0 saturated carbocycles. The first-order chi connectivity index (χ1) is 14.0. The van der Waals surface area contributed by atoms with Gasteiger partial charge in [0.25, 0.3) is 0 Å². The number of hydrogen-bond acceptors (Lipinski definition) is 5. The molecule has 0 aliphatic carbocycles. The molecule has 1 heterocycles. The fourth-order valence-corrected chi connectivity index (χ4v) is 3.29. The van der Waals surface area contributed by atoms with Crippen LogP contribution in [0.3, 0.4) is 0 Å². The molecule has 0 bridgehead atoms. The summed E-state index contributed by atoms with van der Waals surface area (Å²) in [7, 11) is 7.21. The molecule has 0 radical (unpaired) electrons. The van der Waals surface area contributed by atoms with Gasteiger partial charge in [0.15, 0.2) is 11.5 Å². The Kier molecular flexibility index (Phi) is 6.72. The topological polar surface area (TPSA) is 68.6 Å². The number of methoxy groups -OCH3 is 2. The van der Waals surface area contributed by atoms with Crippen LogP contribution in [0.4, 0.5) is 0 Å². The van der Waals surface area contributed by atoms with Gasteiger partial charge in [-0.3, -0.25) is 4.79 Å². The summed E-state index contributed by atoms with van der Waals surface area (Å²) in [5, 5.41) is 3.01. The van der Waals surface area contributed by atoms with Gasteiger partial charge in [-0.15, -0.1) is 0 Å². The van der Waals surface area contributed by atoms with E-state index in [1.165, 1.54) is 0 Å². The molecule has 1 aromatic heterocycles. The van der Waals surface area contributed by atoms with E-state index in [1.54, 1.807) is 14.2 Å². The number of aromatic nitrogens is 2. The summed E-state index contributed by atoms with van der Waals surface area (Å²) in [4.78, 5) is 19.3. The lowest BCUT2D eigenvalue weighted by atomic mass is 10.1. The third-order valence-corrected chi connectivity index (χ3v) is 4.68. The molecule has 154 valence electrons. The summed E-state index contributed by atoms with van der Waals surface area (Å²) in [6, 6.07) is 13.7. The summed E-state index contributed by atoms with van der Waals surface area (Å²) in [5.74, 6) is 2.23. The van der Waals surface area contributed by atoms with Gasteiger partial charge in [-0.25, -0.2) is 4.98 Å². The number of hydrogen-bond donors (Lipinski definition) is 1. The standard InChI is InChI=1S/C22H28N4O3/c1-25(2)14-21-24-17-7-5-6-8-18(17)26(21)15-22(27)23-12-11-16-9-10-19(28-3)20(13-16)29-4/h5-10,13H,11-12,14-15H2,1-4H3,(H,23,27). The first-order valence-electron chi connectivity index (χ1n) is 9.58. The Morgan fingerprint density at radius 3 is 2.59 bits per heavy atom. The number of amides is 1. The molecule has 29 heavy (non-hydrogen) atoms. The van der Waals surface area contributed by atoms with Gasteiger partial charge in [0, 0.05) is 6.54 Å². The van der Waals surface area contributed by atoms with Gasteiger partial charge in [0.05, 0.1) is 31.8 Å². The highest BCUT2D eigenvalue weighted by molar-refractivity contribution is 5.81. The maximum atomic E-state index is 12.6. The highest BCUT2D eigenvalue weighted by atomic mass is 16.5. The van der Waals surface area contributed by atoms with Crippen molar-refractivity contribution in [2.75, 3.05) is 34.9 Å². The minimum absolute atomic E-state index is 0.0337. The van der Waals surface area contributed by atoms with Crippen molar-refractivity contribution in [3.8, 4) is 11.5 Å². The van der Waals surface area contributed by atoms with Gasteiger partial charge in [-0.2, -0.15) is 0 Å². The van der Waals surface area contributed by atoms with Gasteiger partial charge in [0.1, 0.15) is 12.4 Å². The summed E-state index contributed by atoms with van der Waals surface area (Å²) in [6.45, 7) is 1.47. The van der Waals surface area contributed by atoms with E-state index in [9.17, 15) is 4.79 Å². The molecular weight excluding hydrogens is 368 g/mol. The molecule has 0 atom stereocenters. The molecule has 1 N–H and O–H groups in total. The number of rotatable bonds is 9. The first kappa shape index (κ1) is 20.7. The van der Waals surface area contributed by atoms with Crippen molar-refractivity contribution in [3.63, 3.8) is 0 Å². The Morgan fingerprint density at radius 2 is 1.86 bits per heavy atom. The maximum Gasteiger partial charge on any atom is 0.240 e. The van der Waals surface area contributed by atoms with Crippen LogP contribution in [0.15, 0.2) is 42.5 Å². The van der Waals surface area contributed by atoms with Crippen molar-refractivity contribution in [3.05, 3.63) is 53.9 Å². The van der Waals surface area contributed by atoms with E-state index in [0.29, 0.717) is 31.0 Å². The molecule has 0 fully saturated rings. The zero-order valence-corrected chi connectivity index (χ0v) is 17.4. The van der Waals surface area contributed by atoms with Gasteiger partial charge >= 0.3 is 0 Å². The Balaban J connectivity index is 1.64. The summed E-state index contributed by atoms with van der Waals surface area (Å²) in [6.07, 6.45) is 0.710. The monoisotopic (exact) mass is 396 g/mol. The van der Waals surface area contributed by atoms with E-state index < -0.39 is 0 Å². The van der Waals surface area contributed by atoms with E-state index in [4.69, 9.17) is 9.47 Å². The van der Waals surface area contributed by atoms with Crippen LogP contribution < -0.4 is 14.8 Å². The summed E-state index contributed by atoms with van der Waals surface area (Å²) >= 11 is 0. The number of imidazole rings is 1. The Labute approximate surface area is 171 Å². The lowest BCUT2D eigenvalue weighted by Gasteiger charge is -2.13.